The van der Waals surface area contributed by atoms with Crippen molar-refractivity contribution in [2.24, 2.45) is 0 Å². The molecule has 10 nitrogen and oxygen atoms in total. The van der Waals surface area contributed by atoms with Crippen LogP contribution in [0.25, 0.3) is 11.0 Å². The molecular formula is C31H29Cl2N3O7S. The molecule has 3 aromatic carbocycles. The van der Waals surface area contributed by atoms with Crippen molar-refractivity contribution in [2.45, 2.75) is 38.4 Å². The molecule has 230 valence electrons. The molecule has 4 aromatic rings. The lowest BCUT2D eigenvalue weighted by Crippen LogP contribution is -2.42. The van der Waals surface area contributed by atoms with Gasteiger partial charge >= 0.3 is 5.97 Å². The summed E-state index contributed by atoms with van der Waals surface area (Å²) in [5, 5.41) is 13.5. The van der Waals surface area contributed by atoms with Gasteiger partial charge < -0.3 is 19.7 Å². The third-order valence-electron chi connectivity index (χ3n) is 7.51. The molecule has 2 heterocycles. The number of nitrogens with one attached hydrogen (secondary N) is 2. The predicted octanol–water partition coefficient (Wildman–Crippen LogP) is 4.97. The first kappa shape index (κ1) is 31.5. The molecule has 2 amide bonds. The highest BCUT2D eigenvalue weighted by Crippen LogP contribution is 2.35. The van der Waals surface area contributed by atoms with Gasteiger partial charge in [0.1, 0.15) is 11.6 Å². The minimum absolute atomic E-state index is 0.0318. The highest BCUT2D eigenvalue weighted by molar-refractivity contribution is 7.88. The quantitative estimate of drug-likeness (QED) is 0.230. The first-order valence-electron chi connectivity index (χ1n) is 13.7. The van der Waals surface area contributed by atoms with Gasteiger partial charge in [-0.1, -0.05) is 53.5 Å². The van der Waals surface area contributed by atoms with Gasteiger partial charge in [0.05, 0.1) is 28.1 Å². The molecule has 5 rings (SSSR count). The zero-order chi connectivity index (χ0) is 31.8. The SMILES string of the molecule is CC(NS(C)(=O)=O)c1cccc(C[C@H](NC(=O)c2c(Cl)cc3c(c2Cl)CCN(C(=O)c2ccc4ccoc4c2)C3)C(=O)O)c1. The summed E-state index contributed by atoms with van der Waals surface area (Å²) in [6.07, 6.45) is 2.92. The molecule has 0 fully saturated rings. The second-order valence-electron chi connectivity index (χ2n) is 10.8. The monoisotopic (exact) mass is 657 g/mol. The fourth-order valence-corrected chi connectivity index (χ4v) is 6.89. The Labute approximate surface area is 264 Å². The van der Waals surface area contributed by atoms with E-state index in [1.165, 1.54) is 0 Å². The van der Waals surface area contributed by atoms with Crippen LogP contribution in [0.3, 0.4) is 0 Å². The number of furan rings is 1. The van der Waals surface area contributed by atoms with Crippen LogP contribution in [-0.2, 0) is 34.2 Å². The lowest BCUT2D eigenvalue weighted by molar-refractivity contribution is -0.139. The molecule has 0 aliphatic carbocycles. The Hall–Kier alpha value is -3.90. The molecule has 0 saturated heterocycles. The van der Waals surface area contributed by atoms with E-state index in [0.29, 0.717) is 46.4 Å². The van der Waals surface area contributed by atoms with Crippen LogP contribution in [0.15, 0.2) is 65.3 Å². The summed E-state index contributed by atoms with van der Waals surface area (Å²) in [5.74, 6) is -2.19. The van der Waals surface area contributed by atoms with Crippen LogP contribution in [0.2, 0.25) is 10.0 Å². The number of hydrogen-bond donors (Lipinski definition) is 3. The van der Waals surface area contributed by atoms with E-state index in [0.717, 1.165) is 11.6 Å². The topological polar surface area (TPSA) is 146 Å². The maximum absolute atomic E-state index is 13.4. The van der Waals surface area contributed by atoms with Crippen LogP contribution in [0.5, 0.6) is 0 Å². The summed E-state index contributed by atoms with van der Waals surface area (Å²) in [6, 6.07) is 13.6. The fraction of sp³-hybridized carbons (Fsp3) is 0.258. The van der Waals surface area contributed by atoms with E-state index >= 15 is 0 Å². The van der Waals surface area contributed by atoms with Gasteiger partial charge in [0.15, 0.2) is 0 Å². The van der Waals surface area contributed by atoms with Crippen LogP contribution < -0.4 is 10.0 Å². The second-order valence-corrected chi connectivity index (χ2v) is 13.3. The highest BCUT2D eigenvalue weighted by Gasteiger charge is 2.30. The molecular weight excluding hydrogens is 629 g/mol. The maximum Gasteiger partial charge on any atom is 0.326 e. The summed E-state index contributed by atoms with van der Waals surface area (Å²) in [4.78, 5) is 40.4. The molecule has 1 aliphatic rings. The number of nitrogens with zero attached hydrogens (tertiary/aromatic N) is 1. The number of carbonyl (C=O) groups excluding carboxylic acids is 2. The number of carbonyl (C=O) groups is 3. The Bertz CT molecular complexity index is 1890. The standard InChI is InChI=1S/C31H29Cl2N3O7S/c1-17(35-44(2,41)42)20-5-3-4-18(12-20)13-25(31(39)40)34-29(37)27-24(32)14-22-16-36(10-8-23(22)28(27)33)30(38)21-7-6-19-9-11-43-26(19)15-21/h3-7,9,11-12,14-15,17,25,35H,8,10,13,16H2,1-2H3,(H,34,37)(H,39,40)/t17?,25-/m0/s1. The van der Waals surface area contributed by atoms with Gasteiger partial charge in [-0.15, -0.1) is 0 Å². The minimum Gasteiger partial charge on any atom is -0.480 e. The number of amides is 2. The highest BCUT2D eigenvalue weighted by atomic mass is 35.5. The van der Waals surface area contributed by atoms with Crippen LogP contribution >= 0.6 is 23.2 Å². The van der Waals surface area contributed by atoms with E-state index in [2.05, 4.69) is 10.0 Å². The molecule has 1 aliphatic heterocycles. The average molecular weight is 659 g/mol. The van der Waals surface area contributed by atoms with Crippen LogP contribution in [-0.4, -0.2) is 55.1 Å². The second kappa shape index (κ2) is 12.6. The summed E-state index contributed by atoms with van der Waals surface area (Å²) in [5.41, 5.74) is 3.63. The van der Waals surface area contributed by atoms with Gasteiger partial charge in [-0.3, -0.25) is 9.59 Å². The van der Waals surface area contributed by atoms with Gasteiger partial charge in [0.25, 0.3) is 11.8 Å². The third kappa shape index (κ3) is 6.91. The molecule has 0 bridgehead atoms. The van der Waals surface area contributed by atoms with Crippen molar-refractivity contribution in [3.05, 3.63) is 104 Å². The molecule has 0 saturated carbocycles. The number of fused-ring (bicyclic) bond motifs is 2. The van der Waals surface area contributed by atoms with Crippen molar-refractivity contribution in [1.29, 1.82) is 0 Å². The molecule has 1 aromatic heterocycles. The summed E-state index contributed by atoms with van der Waals surface area (Å²) in [6.45, 7) is 2.25. The smallest absolute Gasteiger partial charge is 0.326 e. The predicted molar refractivity (Wildman–Crippen MR) is 167 cm³/mol. The summed E-state index contributed by atoms with van der Waals surface area (Å²) >= 11 is 13.2. The molecule has 0 spiro atoms. The molecule has 2 atom stereocenters. The number of sulfonamides is 1. The average Bonchev–Trinajstić information content (AvgIpc) is 3.43. The van der Waals surface area contributed by atoms with Gasteiger partial charge in [0.2, 0.25) is 10.0 Å². The Morgan fingerprint density at radius 2 is 1.86 bits per heavy atom. The normalized spacial score (nSPS) is 14.6. The number of hydrogen-bond acceptors (Lipinski definition) is 6. The number of rotatable bonds is 9. The third-order valence-corrected chi connectivity index (χ3v) is 9.00. The van der Waals surface area contributed by atoms with E-state index in [1.807, 2.05) is 12.1 Å². The van der Waals surface area contributed by atoms with Crippen molar-refractivity contribution >= 4 is 62.0 Å². The van der Waals surface area contributed by atoms with Crippen molar-refractivity contribution in [1.82, 2.24) is 14.9 Å². The molecule has 0 radical (unpaired) electrons. The lowest BCUT2D eigenvalue weighted by Gasteiger charge is -2.30. The molecule has 1 unspecified atom stereocenters. The summed E-state index contributed by atoms with van der Waals surface area (Å²) < 4.78 is 31.2. The van der Waals surface area contributed by atoms with Gasteiger partial charge in [-0.2, -0.15) is 0 Å². The van der Waals surface area contributed by atoms with E-state index in [-0.39, 0.29) is 34.5 Å². The number of aliphatic carboxylic acids is 1. The zero-order valence-electron chi connectivity index (χ0n) is 23.8. The largest absolute Gasteiger partial charge is 0.480 e. The van der Waals surface area contributed by atoms with Crippen molar-refractivity contribution < 1.29 is 32.3 Å². The number of carboxylic acids is 1. The molecule has 44 heavy (non-hydrogen) atoms. The molecule has 3 N–H and O–H groups in total. The van der Waals surface area contributed by atoms with Crippen LogP contribution in [0.1, 0.15) is 55.9 Å². The lowest BCUT2D eigenvalue weighted by atomic mass is 9.95. The van der Waals surface area contributed by atoms with E-state index in [9.17, 15) is 27.9 Å². The first-order valence-corrected chi connectivity index (χ1v) is 16.3. The van der Waals surface area contributed by atoms with E-state index < -0.39 is 34.0 Å². The van der Waals surface area contributed by atoms with Crippen LogP contribution in [0, 0.1) is 0 Å². The number of benzene rings is 3. The Morgan fingerprint density at radius 3 is 2.59 bits per heavy atom. The number of carboxylic acid groups (broad SMARTS) is 1. The van der Waals surface area contributed by atoms with Crippen molar-refractivity contribution in [3.8, 4) is 0 Å². The van der Waals surface area contributed by atoms with Gasteiger partial charge in [-0.05, 0) is 59.9 Å². The van der Waals surface area contributed by atoms with Gasteiger partial charge in [-0.25, -0.2) is 17.9 Å². The van der Waals surface area contributed by atoms with E-state index in [4.69, 9.17) is 27.6 Å². The Kier molecular flexibility index (Phi) is 9.03. The fourth-order valence-electron chi connectivity index (χ4n) is 5.35. The van der Waals surface area contributed by atoms with Gasteiger partial charge in [0, 0.05) is 36.5 Å². The summed E-state index contributed by atoms with van der Waals surface area (Å²) in [7, 11) is -3.46. The van der Waals surface area contributed by atoms with Crippen molar-refractivity contribution in [3.63, 3.8) is 0 Å². The zero-order valence-corrected chi connectivity index (χ0v) is 26.1. The first-order chi connectivity index (χ1) is 20.8. The molecule has 13 heteroatoms. The van der Waals surface area contributed by atoms with E-state index in [1.54, 1.807) is 60.6 Å². The maximum atomic E-state index is 13.4. The van der Waals surface area contributed by atoms with Crippen molar-refractivity contribution in [2.75, 3.05) is 12.8 Å². The Morgan fingerprint density at radius 1 is 1.09 bits per heavy atom. The Balaban J connectivity index is 1.32. The number of halogens is 2. The minimum atomic E-state index is -3.46. The van der Waals surface area contributed by atoms with Crippen LogP contribution in [0.4, 0.5) is 0 Å².